The van der Waals surface area contributed by atoms with Gasteiger partial charge in [0.15, 0.2) is 17.5 Å². The molecule has 2 aromatic rings. The van der Waals surface area contributed by atoms with Crippen LogP contribution in [0.3, 0.4) is 0 Å². The van der Waals surface area contributed by atoms with Gasteiger partial charge in [-0.25, -0.2) is 13.2 Å². The van der Waals surface area contributed by atoms with Gasteiger partial charge in [-0.05, 0) is 42.4 Å². The van der Waals surface area contributed by atoms with Gasteiger partial charge < -0.3 is 9.47 Å². The third-order valence-corrected chi connectivity index (χ3v) is 5.95. The van der Waals surface area contributed by atoms with Crippen molar-refractivity contribution in [3.63, 3.8) is 0 Å². The summed E-state index contributed by atoms with van der Waals surface area (Å²) < 4.78 is 78.6. The van der Waals surface area contributed by atoms with E-state index in [2.05, 4.69) is 4.74 Å². The summed E-state index contributed by atoms with van der Waals surface area (Å²) in [4.78, 5) is 0. The molecular weight excluding hydrogens is 391 g/mol. The van der Waals surface area contributed by atoms with Crippen molar-refractivity contribution in [2.45, 2.75) is 44.3 Å². The zero-order valence-corrected chi connectivity index (χ0v) is 15.6. The lowest BCUT2D eigenvalue weighted by molar-refractivity contribution is -0.185. The molecule has 2 atom stereocenters. The minimum atomic E-state index is -3.84. The zero-order chi connectivity index (χ0) is 20.6. The Morgan fingerprint density at radius 1 is 0.862 bits per heavy atom. The second-order valence-electron chi connectivity index (χ2n) is 7.79. The van der Waals surface area contributed by atoms with E-state index in [1.807, 2.05) is 0 Å². The highest BCUT2D eigenvalue weighted by atomic mass is 19.3. The SMILES string of the molecule is Fc1cc(OC(F)(F)c2ccc(C3CCC(C4CCC4)CO3)cc2)cc(F)c1F. The summed E-state index contributed by atoms with van der Waals surface area (Å²) in [5, 5.41) is 0. The molecule has 2 fully saturated rings. The van der Waals surface area contributed by atoms with Crippen molar-refractivity contribution >= 4 is 0 Å². The van der Waals surface area contributed by atoms with Gasteiger partial charge >= 0.3 is 6.11 Å². The van der Waals surface area contributed by atoms with Crippen LogP contribution >= 0.6 is 0 Å². The van der Waals surface area contributed by atoms with Crippen LogP contribution in [-0.4, -0.2) is 6.61 Å². The van der Waals surface area contributed by atoms with Crippen molar-refractivity contribution in [3.05, 3.63) is 65.0 Å². The lowest BCUT2D eigenvalue weighted by Crippen LogP contribution is -2.30. The first-order valence-electron chi connectivity index (χ1n) is 9.77. The molecule has 0 amide bonds. The number of hydrogen-bond acceptors (Lipinski definition) is 2. The van der Waals surface area contributed by atoms with Gasteiger partial charge in [-0.1, -0.05) is 31.4 Å². The average molecular weight is 412 g/mol. The number of halogens is 5. The normalized spacial score (nSPS) is 22.9. The highest BCUT2D eigenvalue weighted by molar-refractivity contribution is 5.30. The molecule has 0 radical (unpaired) electrons. The van der Waals surface area contributed by atoms with Crippen LogP contribution in [0.1, 0.15) is 49.3 Å². The van der Waals surface area contributed by atoms with E-state index < -0.39 is 34.9 Å². The van der Waals surface area contributed by atoms with Crippen LogP contribution in [-0.2, 0) is 10.8 Å². The Balaban J connectivity index is 1.41. The Kier molecular flexibility index (Phi) is 5.51. The molecule has 1 heterocycles. The fourth-order valence-electron chi connectivity index (χ4n) is 4.01. The molecule has 1 saturated heterocycles. The smallest absolute Gasteiger partial charge is 0.426 e. The quantitative estimate of drug-likeness (QED) is 0.412. The van der Waals surface area contributed by atoms with E-state index in [1.165, 1.54) is 31.4 Å². The molecule has 1 aliphatic heterocycles. The van der Waals surface area contributed by atoms with Gasteiger partial charge in [0.25, 0.3) is 0 Å². The van der Waals surface area contributed by atoms with Crippen LogP contribution in [0, 0.1) is 29.3 Å². The Hall–Kier alpha value is -2.15. The number of alkyl halides is 2. The molecule has 4 rings (SSSR count). The minimum absolute atomic E-state index is 0.129. The summed E-state index contributed by atoms with van der Waals surface area (Å²) in [7, 11) is 0. The van der Waals surface area contributed by atoms with Crippen molar-refractivity contribution < 1.29 is 31.4 Å². The summed E-state index contributed by atoms with van der Waals surface area (Å²) in [6.45, 7) is 0.693. The minimum Gasteiger partial charge on any atom is -0.429 e. The van der Waals surface area contributed by atoms with Crippen molar-refractivity contribution in [1.82, 2.24) is 0 Å². The Morgan fingerprint density at radius 2 is 1.52 bits per heavy atom. The molecule has 0 N–H and O–H groups in total. The van der Waals surface area contributed by atoms with Gasteiger partial charge in [-0.15, -0.1) is 0 Å². The fraction of sp³-hybridized carbons (Fsp3) is 0.455. The Bertz CT molecular complexity index is 833. The maximum absolute atomic E-state index is 14.4. The standard InChI is InChI=1S/C22H21F5O2/c23-18-10-17(11-19(24)21(18)25)29-22(26,27)16-7-4-14(5-8-16)20-9-6-15(12-28-20)13-2-1-3-13/h4-5,7-8,10-11,13,15,20H,1-3,6,9,12H2. The van der Waals surface area contributed by atoms with Crippen LogP contribution in [0.15, 0.2) is 36.4 Å². The second-order valence-corrected chi connectivity index (χ2v) is 7.79. The molecule has 7 heteroatoms. The van der Waals surface area contributed by atoms with Crippen LogP contribution in [0.2, 0.25) is 0 Å². The summed E-state index contributed by atoms with van der Waals surface area (Å²) in [6.07, 6.45) is 1.78. The van der Waals surface area contributed by atoms with Gasteiger partial charge in [-0.3, -0.25) is 0 Å². The van der Waals surface area contributed by atoms with E-state index in [0.717, 1.165) is 24.3 Å². The van der Waals surface area contributed by atoms with Crippen LogP contribution in [0.25, 0.3) is 0 Å². The maximum atomic E-state index is 14.4. The molecule has 156 valence electrons. The molecule has 0 spiro atoms. The first-order valence-corrected chi connectivity index (χ1v) is 9.77. The lowest BCUT2D eigenvalue weighted by Gasteiger charge is -2.38. The van der Waals surface area contributed by atoms with Crippen molar-refractivity contribution in [1.29, 1.82) is 0 Å². The van der Waals surface area contributed by atoms with Gasteiger partial charge in [0.1, 0.15) is 5.75 Å². The van der Waals surface area contributed by atoms with E-state index in [-0.39, 0.29) is 6.10 Å². The van der Waals surface area contributed by atoms with Gasteiger partial charge in [-0.2, -0.15) is 8.78 Å². The van der Waals surface area contributed by atoms with Gasteiger partial charge in [0.2, 0.25) is 0 Å². The highest BCUT2D eigenvalue weighted by Gasteiger charge is 2.36. The van der Waals surface area contributed by atoms with E-state index >= 15 is 0 Å². The topological polar surface area (TPSA) is 18.5 Å². The maximum Gasteiger partial charge on any atom is 0.426 e. The summed E-state index contributed by atoms with van der Waals surface area (Å²) >= 11 is 0. The predicted molar refractivity (Wildman–Crippen MR) is 96.0 cm³/mol. The lowest BCUT2D eigenvalue weighted by atomic mass is 9.73. The van der Waals surface area contributed by atoms with Crippen LogP contribution in [0.4, 0.5) is 22.0 Å². The summed E-state index contributed by atoms with van der Waals surface area (Å²) in [5.41, 5.74) is 0.324. The molecule has 2 aromatic carbocycles. The van der Waals surface area contributed by atoms with Crippen LogP contribution < -0.4 is 4.74 Å². The fourth-order valence-corrected chi connectivity index (χ4v) is 4.01. The summed E-state index contributed by atoms with van der Waals surface area (Å²) in [6, 6.07) is 6.27. The summed E-state index contributed by atoms with van der Waals surface area (Å²) in [5.74, 6) is -4.38. The molecule has 0 bridgehead atoms. The Morgan fingerprint density at radius 3 is 2.03 bits per heavy atom. The Labute approximate surface area is 165 Å². The van der Waals surface area contributed by atoms with Crippen molar-refractivity contribution in [2.24, 2.45) is 11.8 Å². The van der Waals surface area contributed by atoms with E-state index in [0.29, 0.717) is 24.7 Å². The molecule has 1 saturated carbocycles. The molecule has 2 unspecified atom stereocenters. The second kappa shape index (κ2) is 7.94. The molecular formula is C22H21F5O2. The molecule has 2 nitrogen and oxygen atoms in total. The largest absolute Gasteiger partial charge is 0.429 e. The third-order valence-electron chi connectivity index (χ3n) is 5.95. The molecule has 0 aromatic heterocycles. The molecule has 1 aliphatic carbocycles. The first-order chi connectivity index (χ1) is 13.8. The molecule has 2 aliphatic rings. The molecule has 29 heavy (non-hydrogen) atoms. The number of benzene rings is 2. The van der Waals surface area contributed by atoms with Crippen molar-refractivity contribution in [3.8, 4) is 5.75 Å². The highest BCUT2D eigenvalue weighted by Crippen LogP contribution is 2.41. The van der Waals surface area contributed by atoms with E-state index in [9.17, 15) is 22.0 Å². The van der Waals surface area contributed by atoms with Gasteiger partial charge in [0, 0.05) is 12.1 Å². The van der Waals surface area contributed by atoms with Crippen molar-refractivity contribution in [2.75, 3.05) is 6.61 Å². The van der Waals surface area contributed by atoms with E-state index in [4.69, 9.17) is 4.74 Å². The van der Waals surface area contributed by atoms with Crippen LogP contribution in [0.5, 0.6) is 5.75 Å². The number of hydrogen-bond donors (Lipinski definition) is 0. The van der Waals surface area contributed by atoms with E-state index in [1.54, 1.807) is 12.1 Å². The average Bonchev–Trinajstić information content (AvgIpc) is 2.65. The van der Waals surface area contributed by atoms with Gasteiger partial charge in [0.05, 0.1) is 18.3 Å². The number of rotatable bonds is 5. The number of ether oxygens (including phenoxy) is 2. The monoisotopic (exact) mass is 412 g/mol. The zero-order valence-electron chi connectivity index (χ0n) is 15.6. The third kappa shape index (κ3) is 4.25. The predicted octanol–water partition coefficient (Wildman–Crippen LogP) is 6.50. The first kappa shape index (κ1) is 20.1.